The number of aryl methyl sites for hydroxylation is 1. The summed E-state index contributed by atoms with van der Waals surface area (Å²) in [7, 11) is -2.23. The Morgan fingerprint density at radius 1 is 1.50 bits per heavy atom. The van der Waals surface area contributed by atoms with E-state index in [1.807, 2.05) is 0 Å². The number of hydrogen-bond donors (Lipinski definition) is 3. The van der Waals surface area contributed by atoms with Gasteiger partial charge in [-0.05, 0) is 0 Å². The molecule has 0 spiro atoms. The number of nitrogens with one attached hydrogen (secondary N) is 2. The third-order valence-corrected chi connectivity index (χ3v) is 3.36. The summed E-state index contributed by atoms with van der Waals surface area (Å²) in [5, 5.41) is -0.0936. The molecule has 0 bridgehead atoms. The molecule has 16 heavy (non-hydrogen) atoms. The molecule has 9 heteroatoms. The van der Waals surface area contributed by atoms with E-state index in [0.29, 0.717) is 0 Å². The minimum Gasteiger partial charge on any atom is -0.381 e. The first-order valence-corrected chi connectivity index (χ1v) is 5.78. The van der Waals surface area contributed by atoms with Gasteiger partial charge in [-0.15, -0.1) is 0 Å². The van der Waals surface area contributed by atoms with Crippen molar-refractivity contribution in [3.8, 4) is 0 Å². The van der Waals surface area contributed by atoms with Gasteiger partial charge in [-0.2, -0.15) is 8.42 Å². The minimum absolute atomic E-state index is 0.0541. The summed E-state index contributed by atoms with van der Waals surface area (Å²) >= 11 is 0. The molecule has 0 aromatic carbocycles. The molecule has 2 aromatic rings. The molecular weight excluding hydrogens is 232 g/mol. The van der Waals surface area contributed by atoms with Gasteiger partial charge in [0.15, 0.2) is 10.8 Å². The summed E-state index contributed by atoms with van der Waals surface area (Å²) in [4.78, 5) is 10.1. The number of nitrogen functional groups attached to an aromatic ring is 1. The minimum atomic E-state index is -3.77. The number of aromatic nitrogens is 4. The van der Waals surface area contributed by atoms with Crippen LogP contribution in [0.4, 0.5) is 11.8 Å². The molecule has 4 N–H and O–H groups in total. The SMILES string of the molecule is Cn1cnc(N)c1S(=O)(=O)Nc1ncc[nH]1. The number of hydrogen-bond acceptors (Lipinski definition) is 5. The van der Waals surface area contributed by atoms with Gasteiger partial charge in [0.2, 0.25) is 5.95 Å². The van der Waals surface area contributed by atoms with Gasteiger partial charge >= 0.3 is 0 Å². The van der Waals surface area contributed by atoms with Crippen LogP contribution in [0.3, 0.4) is 0 Å². The Hall–Kier alpha value is -2.03. The molecule has 0 saturated carbocycles. The molecule has 0 aliphatic heterocycles. The highest BCUT2D eigenvalue weighted by Gasteiger charge is 2.23. The van der Waals surface area contributed by atoms with Crippen molar-refractivity contribution in [2.24, 2.45) is 7.05 Å². The molecule has 0 fully saturated rings. The van der Waals surface area contributed by atoms with Gasteiger partial charge in [-0.25, -0.2) is 14.7 Å². The molecule has 2 aromatic heterocycles. The first-order chi connectivity index (χ1) is 7.50. The molecule has 0 unspecified atom stereocenters. The van der Waals surface area contributed by atoms with E-state index in [1.165, 1.54) is 23.3 Å². The lowest BCUT2D eigenvalue weighted by Crippen LogP contribution is -2.18. The van der Waals surface area contributed by atoms with Crippen LogP contribution in [0.1, 0.15) is 0 Å². The maximum Gasteiger partial charge on any atom is 0.283 e. The van der Waals surface area contributed by atoms with Crippen LogP contribution in [0.5, 0.6) is 0 Å². The molecular formula is C7H10N6O2S. The van der Waals surface area contributed by atoms with Crippen LogP contribution in [0.2, 0.25) is 0 Å². The number of nitrogens with two attached hydrogens (primary N) is 1. The fraction of sp³-hybridized carbons (Fsp3) is 0.143. The highest BCUT2D eigenvalue weighted by molar-refractivity contribution is 7.92. The Labute approximate surface area is 91.6 Å². The summed E-state index contributed by atoms with van der Waals surface area (Å²) in [5.41, 5.74) is 5.47. The molecule has 86 valence electrons. The van der Waals surface area contributed by atoms with E-state index in [9.17, 15) is 8.42 Å². The number of nitrogens with zero attached hydrogens (tertiary/aromatic N) is 3. The van der Waals surface area contributed by atoms with Gasteiger partial charge in [-0.3, -0.25) is 0 Å². The quantitative estimate of drug-likeness (QED) is 0.672. The largest absolute Gasteiger partial charge is 0.381 e. The zero-order valence-electron chi connectivity index (χ0n) is 8.38. The van der Waals surface area contributed by atoms with E-state index in [2.05, 4.69) is 19.7 Å². The Kier molecular flexibility index (Phi) is 2.31. The average Bonchev–Trinajstić information content (AvgIpc) is 2.76. The van der Waals surface area contributed by atoms with E-state index in [-0.39, 0.29) is 16.8 Å². The molecule has 2 rings (SSSR count). The fourth-order valence-electron chi connectivity index (χ4n) is 1.26. The number of imidazole rings is 2. The van der Waals surface area contributed by atoms with Crippen LogP contribution in [0, 0.1) is 0 Å². The number of rotatable bonds is 3. The second-order valence-electron chi connectivity index (χ2n) is 3.09. The summed E-state index contributed by atoms with van der Waals surface area (Å²) in [5.74, 6) is 0.0714. The number of aromatic amines is 1. The predicted octanol–water partition coefficient (Wildman–Crippen LogP) is -0.474. The van der Waals surface area contributed by atoms with Crippen LogP contribution >= 0.6 is 0 Å². The van der Waals surface area contributed by atoms with Crippen molar-refractivity contribution in [3.63, 3.8) is 0 Å². The van der Waals surface area contributed by atoms with Crippen LogP contribution in [-0.2, 0) is 17.1 Å². The molecule has 8 nitrogen and oxygen atoms in total. The first-order valence-electron chi connectivity index (χ1n) is 4.29. The Bertz CT molecular complexity index is 565. The second-order valence-corrected chi connectivity index (χ2v) is 4.69. The fourth-order valence-corrected chi connectivity index (χ4v) is 2.48. The molecule has 0 radical (unpaired) electrons. The number of sulfonamides is 1. The van der Waals surface area contributed by atoms with E-state index in [0.717, 1.165) is 0 Å². The summed E-state index contributed by atoms with van der Waals surface area (Å²) in [6.45, 7) is 0. The van der Waals surface area contributed by atoms with Gasteiger partial charge in [0.05, 0.1) is 6.33 Å². The molecule has 0 saturated heterocycles. The summed E-state index contributed by atoms with van der Waals surface area (Å²) in [6.07, 6.45) is 4.26. The van der Waals surface area contributed by atoms with Gasteiger partial charge in [0, 0.05) is 19.4 Å². The normalized spacial score (nSPS) is 11.6. The number of H-pyrrole nitrogens is 1. The van der Waals surface area contributed by atoms with Crippen LogP contribution < -0.4 is 10.5 Å². The molecule has 0 amide bonds. The second kappa shape index (κ2) is 3.52. The standard InChI is InChI=1S/C7H10N6O2S/c1-13-4-11-5(8)6(13)16(14,15)12-7-9-2-3-10-7/h2-4H,8H2,1H3,(H2,9,10,12). The average molecular weight is 242 g/mol. The molecule has 2 heterocycles. The van der Waals surface area contributed by atoms with E-state index in [4.69, 9.17) is 5.73 Å². The van der Waals surface area contributed by atoms with Crippen molar-refractivity contribution in [2.45, 2.75) is 5.03 Å². The monoisotopic (exact) mass is 242 g/mol. The third-order valence-electron chi connectivity index (χ3n) is 1.89. The van der Waals surface area contributed by atoms with Gasteiger partial charge < -0.3 is 15.3 Å². The lowest BCUT2D eigenvalue weighted by molar-refractivity contribution is 0.591. The van der Waals surface area contributed by atoms with Crippen molar-refractivity contribution in [2.75, 3.05) is 10.5 Å². The summed E-state index contributed by atoms with van der Waals surface area (Å²) in [6, 6.07) is 0. The molecule has 0 aliphatic carbocycles. The summed E-state index contributed by atoms with van der Waals surface area (Å²) < 4.78 is 27.3. The topological polar surface area (TPSA) is 119 Å². The highest BCUT2D eigenvalue weighted by atomic mass is 32.2. The number of anilines is 2. The van der Waals surface area contributed by atoms with Crippen molar-refractivity contribution in [1.82, 2.24) is 19.5 Å². The van der Waals surface area contributed by atoms with Crippen molar-refractivity contribution < 1.29 is 8.42 Å². The van der Waals surface area contributed by atoms with Crippen LogP contribution in [-0.4, -0.2) is 27.9 Å². The molecule has 0 aliphatic rings. The van der Waals surface area contributed by atoms with Gasteiger partial charge in [-0.1, -0.05) is 0 Å². The van der Waals surface area contributed by atoms with Crippen LogP contribution in [0.25, 0.3) is 0 Å². The maximum absolute atomic E-state index is 11.9. The van der Waals surface area contributed by atoms with Crippen molar-refractivity contribution in [1.29, 1.82) is 0 Å². The van der Waals surface area contributed by atoms with E-state index >= 15 is 0 Å². The zero-order valence-corrected chi connectivity index (χ0v) is 9.19. The lowest BCUT2D eigenvalue weighted by Gasteiger charge is -2.06. The van der Waals surface area contributed by atoms with Crippen molar-refractivity contribution >= 4 is 21.8 Å². The molecule has 0 atom stereocenters. The predicted molar refractivity (Wildman–Crippen MR) is 57.0 cm³/mol. The van der Waals surface area contributed by atoms with E-state index in [1.54, 1.807) is 7.05 Å². The van der Waals surface area contributed by atoms with Gasteiger partial charge in [0.1, 0.15) is 0 Å². The Balaban J connectivity index is 2.40. The zero-order chi connectivity index (χ0) is 11.8. The maximum atomic E-state index is 11.9. The third kappa shape index (κ3) is 1.72. The highest BCUT2D eigenvalue weighted by Crippen LogP contribution is 2.17. The van der Waals surface area contributed by atoms with Crippen molar-refractivity contribution in [3.05, 3.63) is 18.7 Å². The lowest BCUT2D eigenvalue weighted by atomic mass is 10.8. The smallest absolute Gasteiger partial charge is 0.283 e. The van der Waals surface area contributed by atoms with Crippen LogP contribution in [0.15, 0.2) is 23.7 Å². The van der Waals surface area contributed by atoms with E-state index < -0.39 is 10.0 Å². The Morgan fingerprint density at radius 3 is 2.75 bits per heavy atom. The first kappa shape index (κ1) is 10.5. The Morgan fingerprint density at radius 2 is 2.25 bits per heavy atom. The van der Waals surface area contributed by atoms with Gasteiger partial charge in [0.25, 0.3) is 10.0 Å².